The Balaban J connectivity index is 1.78. The average molecular weight is 343 g/mol. The standard InChI is InChI=1S/C18H21N3O4/c1-12(22)20-8-3-4-13(10-20)18(25)19-15-5-2-6-16-14(15)7-9-21(16)11-17(23)24/h2,5-7,9,13H,3-4,8,10-11H2,1H3,(H,19,25)(H,23,24). The van der Waals surface area contributed by atoms with Crippen molar-refractivity contribution in [1.29, 1.82) is 0 Å². The van der Waals surface area contributed by atoms with Crippen molar-refractivity contribution < 1.29 is 19.5 Å². The minimum Gasteiger partial charge on any atom is -0.480 e. The van der Waals surface area contributed by atoms with E-state index in [0.717, 1.165) is 23.7 Å². The Morgan fingerprint density at radius 3 is 2.80 bits per heavy atom. The number of nitrogens with zero attached hydrogens (tertiary/aromatic N) is 2. The van der Waals surface area contributed by atoms with Gasteiger partial charge in [-0.25, -0.2) is 0 Å². The van der Waals surface area contributed by atoms with E-state index in [1.165, 1.54) is 6.92 Å². The summed E-state index contributed by atoms with van der Waals surface area (Å²) in [6.45, 7) is 2.53. The second-order valence-corrected chi connectivity index (χ2v) is 6.37. The quantitative estimate of drug-likeness (QED) is 0.887. The molecule has 25 heavy (non-hydrogen) atoms. The summed E-state index contributed by atoms with van der Waals surface area (Å²) in [5.41, 5.74) is 1.42. The Morgan fingerprint density at radius 1 is 1.28 bits per heavy atom. The van der Waals surface area contributed by atoms with Gasteiger partial charge in [0, 0.05) is 31.6 Å². The van der Waals surface area contributed by atoms with Crippen LogP contribution in [-0.4, -0.2) is 45.4 Å². The minimum absolute atomic E-state index is 0.00894. The van der Waals surface area contributed by atoms with Crippen LogP contribution in [-0.2, 0) is 20.9 Å². The van der Waals surface area contributed by atoms with Crippen LogP contribution in [0.25, 0.3) is 10.9 Å². The number of carboxylic acids is 1. The van der Waals surface area contributed by atoms with Crippen molar-refractivity contribution in [3.8, 4) is 0 Å². The number of hydrogen-bond donors (Lipinski definition) is 2. The van der Waals surface area contributed by atoms with Gasteiger partial charge in [0.05, 0.1) is 17.1 Å². The van der Waals surface area contributed by atoms with Crippen LogP contribution in [0.15, 0.2) is 30.5 Å². The van der Waals surface area contributed by atoms with Gasteiger partial charge >= 0.3 is 5.97 Å². The third-order valence-corrected chi connectivity index (χ3v) is 4.61. The molecule has 3 rings (SSSR count). The summed E-state index contributed by atoms with van der Waals surface area (Å²) < 4.78 is 1.63. The zero-order valence-electron chi connectivity index (χ0n) is 14.1. The molecule has 1 fully saturated rings. The molecule has 1 saturated heterocycles. The van der Waals surface area contributed by atoms with E-state index >= 15 is 0 Å². The third-order valence-electron chi connectivity index (χ3n) is 4.61. The summed E-state index contributed by atoms with van der Waals surface area (Å²) in [5.74, 6) is -1.26. The minimum atomic E-state index is -0.918. The molecule has 0 radical (unpaired) electrons. The predicted octanol–water partition coefficient (Wildman–Crippen LogP) is 1.92. The highest BCUT2D eigenvalue weighted by molar-refractivity contribution is 6.02. The highest BCUT2D eigenvalue weighted by Gasteiger charge is 2.27. The van der Waals surface area contributed by atoms with Crippen molar-refractivity contribution in [2.24, 2.45) is 5.92 Å². The van der Waals surface area contributed by atoms with E-state index in [9.17, 15) is 14.4 Å². The van der Waals surface area contributed by atoms with E-state index in [1.54, 1.807) is 33.9 Å². The van der Waals surface area contributed by atoms with Crippen LogP contribution >= 0.6 is 0 Å². The monoisotopic (exact) mass is 343 g/mol. The third kappa shape index (κ3) is 3.65. The molecule has 2 aromatic rings. The van der Waals surface area contributed by atoms with Crippen LogP contribution in [0.2, 0.25) is 0 Å². The molecular weight excluding hydrogens is 322 g/mol. The van der Waals surface area contributed by atoms with Crippen LogP contribution in [0.3, 0.4) is 0 Å². The molecule has 2 N–H and O–H groups in total. The maximum absolute atomic E-state index is 12.6. The smallest absolute Gasteiger partial charge is 0.323 e. The maximum atomic E-state index is 12.6. The fraction of sp³-hybridized carbons (Fsp3) is 0.389. The number of benzene rings is 1. The van der Waals surface area contributed by atoms with Crippen molar-refractivity contribution in [3.63, 3.8) is 0 Å². The lowest BCUT2D eigenvalue weighted by molar-refractivity contribution is -0.137. The van der Waals surface area contributed by atoms with Crippen LogP contribution in [0.5, 0.6) is 0 Å². The first kappa shape index (κ1) is 17.0. The largest absolute Gasteiger partial charge is 0.480 e. The molecule has 7 heteroatoms. The lowest BCUT2D eigenvalue weighted by Crippen LogP contribution is -2.42. The molecule has 132 valence electrons. The number of nitrogens with one attached hydrogen (secondary N) is 1. The molecule has 1 atom stereocenters. The summed E-state index contributed by atoms with van der Waals surface area (Å²) >= 11 is 0. The fourth-order valence-corrected chi connectivity index (χ4v) is 3.33. The molecule has 1 aliphatic heterocycles. The first-order chi connectivity index (χ1) is 12.0. The summed E-state index contributed by atoms with van der Waals surface area (Å²) in [6.07, 6.45) is 3.27. The van der Waals surface area contributed by atoms with Gasteiger partial charge < -0.3 is 19.9 Å². The lowest BCUT2D eigenvalue weighted by atomic mass is 9.97. The lowest BCUT2D eigenvalue weighted by Gasteiger charge is -2.31. The summed E-state index contributed by atoms with van der Waals surface area (Å²) in [5, 5.41) is 12.7. The number of aliphatic carboxylic acids is 1. The number of likely N-dealkylation sites (tertiary alicyclic amines) is 1. The number of aromatic nitrogens is 1. The van der Waals surface area contributed by atoms with Gasteiger partial charge in [0.1, 0.15) is 6.54 Å². The second kappa shape index (κ2) is 6.96. The van der Waals surface area contributed by atoms with Crippen molar-refractivity contribution in [1.82, 2.24) is 9.47 Å². The summed E-state index contributed by atoms with van der Waals surface area (Å²) in [4.78, 5) is 36.8. The SMILES string of the molecule is CC(=O)N1CCCC(C(=O)Nc2cccc3c2ccn3CC(=O)O)C1. The number of piperidine rings is 1. The number of hydrogen-bond acceptors (Lipinski definition) is 3. The molecule has 1 aromatic heterocycles. The molecule has 2 amide bonds. The van der Waals surface area contributed by atoms with Gasteiger partial charge in [0.25, 0.3) is 0 Å². The van der Waals surface area contributed by atoms with Gasteiger partial charge in [-0.3, -0.25) is 14.4 Å². The van der Waals surface area contributed by atoms with E-state index in [4.69, 9.17) is 5.11 Å². The molecule has 1 aromatic carbocycles. The number of carbonyl (C=O) groups is 3. The van der Waals surface area contributed by atoms with Crippen molar-refractivity contribution >= 4 is 34.4 Å². The highest BCUT2D eigenvalue weighted by Crippen LogP contribution is 2.26. The molecule has 0 bridgehead atoms. The van der Waals surface area contributed by atoms with Gasteiger partial charge in [0.2, 0.25) is 11.8 Å². The van der Waals surface area contributed by atoms with E-state index in [1.807, 2.05) is 6.07 Å². The van der Waals surface area contributed by atoms with E-state index in [-0.39, 0.29) is 24.3 Å². The fourth-order valence-electron chi connectivity index (χ4n) is 3.33. The van der Waals surface area contributed by atoms with Crippen molar-refractivity contribution in [3.05, 3.63) is 30.5 Å². The van der Waals surface area contributed by atoms with Gasteiger partial charge in [-0.2, -0.15) is 0 Å². The zero-order valence-corrected chi connectivity index (χ0v) is 14.1. The predicted molar refractivity (Wildman–Crippen MR) is 93.2 cm³/mol. The first-order valence-electron chi connectivity index (χ1n) is 8.31. The molecular formula is C18H21N3O4. The Labute approximate surface area is 145 Å². The van der Waals surface area contributed by atoms with E-state index in [0.29, 0.717) is 18.8 Å². The van der Waals surface area contributed by atoms with Gasteiger partial charge in [0.15, 0.2) is 0 Å². The van der Waals surface area contributed by atoms with Crippen molar-refractivity contribution in [2.45, 2.75) is 26.3 Å². The topological polar surface area (TPSA) is 91.6 Å². The number of carboxylic acid groups (broad SMARTS) is 1. The van der Waals surface area contributed by atoms with Crippen LogP contribution in [0, 0.1) is 5.92 Å². The summed E-state index contributed by atoms with van der Waals surface area (Å²) in [6, 6.07) is 7.22. The normalized spacial score (nSPS) is 17.5. The Kier molecular flexibility index (Phi) is 4.74. The maximum Gasteiger partial charge on any atom is 0.323 e. The average Bonchev–Trinajstić information content (AvgIpc) is 2.98. The number of amides is 2. The second-order valence-electron chi connectivity index (χ2n) is 6.37. The molecule has 7 nitrogen and oxygen atoms in total. The number of anilines is 1. The molecule has 1 unspecified atom stereocenters. The van der Waals surface area contributed by atoms with Crippen LogP contribution < -0.4 is 5.32 Å². The Hall–Kier alpha value is -2.83. The molecule has 1 aliphatic rings. The highest BCUT2D eigenvalue weighted by atomic mass is 16.4. The van der Waals surface area contributed by atoms with Gasteiger partial charge in [-0.15, -0.1) is 0 Å². The summed E-state index contributed by atoms with van der Waals surface area (Å²) in [7, 11) is 0. The van der Waals surface area contributed by atoms with Crippen LogP contribution in [0.4, 0.5) is 5.69 Å². The van der Waals surface area contributed by atoms with E-state index < -0.39 is 5.97 Å². The van der Waals surface area contributed by atoms with E-state index in [2.05, 4.69) is 5.32 Å². The number of carbonyl (C=O) groups excluding carboxylic acids is 2. The molecule has 0 aliphatic carbocycles. The number of rotatable bonds is 4. The van der Waals surface area contributed by atoms with Crippen LogP contribution in [0.1, 0.15) is 19.8 Å². The van der Waals surface area contributed by atoms with Gasteiger partial charge in [-0.1, -0.05) is 6.07 Å². The van der Waals surface area contributed by atoms with Gasteiger partial charge in [-0.05, 0) is 31.0 Å². The molecule has 0 spiro atoms. The first-order valence-corrected chi connectivity index (χ1v) is 8.31. The Morgan fingerprint density at radius 2 is 2.08 bits per heavy atom. The molecule has 2 heterocycles. The zero-order chi connectivity index (χ0) is 18.0. The Bertz CT molecular complexity index is 827. The number of fused-ring (bicyclic) bond motifs is 1. The molecule has 0 saturated carbocycles. The van der Waals surface area contributed by atoms with Crippen molar-refractivity contribution in [2.75, 3.05) is 18.4 Å².